The molecule has 1 aliphatic heterocycles. The lowest BCUT2D eigenvalue weighted by atomic mass is 10.1. The van der Waals surface area contributed by atoms with Gasteiger partial charge in [0.2, 0.25) is 6.79 Å². The molecule has 2 aromatic rings. The fraction of sp³-hybridized carbons (Fsp3) is 0.350. The van der Waals surface area contributed by atoms with Crippen molar-refractivity contribution < 1.29 is 13.9 Å². The highest BCUT2D eigenvalue weighted by molar-refractivity contribution is 5.79. The standard InChI is InChI=1S/C20H24FN3O2/c1-22-20(23-10-3-5-15-4-2-6-17(21)12-15)24-11-9-16-7-8-18-19(13-16)26-14-25-18/h2,4,6-8,12-13H,3,5,9-11,14H2,1H3,(H2,22,23,24). The third kappa shape index (κ3) is 5.12. The minimum absolute atomic E-state index is 0.184. The lowest BCUT2D eigenvalue weighted by Crippen LogP contribution is -2.38. The molecule has 0 radical (unpaired) electrons. The molecule has 0 atom stereocenters. The van der Waals surface area contributed by atoms with E-state index in [1.165, 1.54) is 11.6 Å². The molecule has 6 heteroatoms. The first-order valence-electron chi connectivity index (χ1n) is 8.82. The van der Waals surface area contributed by atoms with Gasteiger partial charge in [0.15, 0.2) is 17.5 Å². The quantitative estimate of drug-likeness (QED) is 0.455. The van der Waals surface area contributed by atoms with E-state index in [9.17, 15) is 4.39 Å². The predicted octanol–water partition coefficient (Wildman–Crippen LogP) is 2.89. The molecule has 0 aromatic heterocycles. The second-order valence-corrected chi connectivity index (χ2v) is 6.10. The number of aliphatic imine (C=N–C) groups is 1. The van der Waals surface area contributed by atoms with E-state index in [0.717, 1.165) is 55.4 Å². The second kappa shape index (κ2) is 9.08. The maximum Gasteiger partial charge on any atom is 0.231 e. The highest BCUT2D eigenvalue weighted by atomic mass is 19.1. The molecular weight excluding hydrogens is 333 g/mol. The Bertz CT molecular complexity index is 764. The second-order valence-electron chi connectivity index (χ2n) is 6.10. The molecule has 2 aromatic carbocycles. The normalized spacial score (nSPS) is 12.9. The molecule has 0 fully saturated rings. The van der Waals surface area contributed by atoms with Crippen LogP contribution in [0.1, 0.15) is 17.5 Å². The molecule has 2 N–H and O–H groups in total. The molecular formula is C20H24FN3O2. The van der Waals surface area contributed by atoms with E-state index >= 15 is 0 Å². The SMILES string of the molecule is CN=C(NCCCc1cccc(F)c1)NCCc1ccc2c(c1)OCO2. The Hall–Kier alpha value is -2.76. The summed E-state index contributed by atoms with van der Waals surface area (Å²) in [6.07, 6.45) is 2.60. The van der Waals surface area contributed by atoms with Gasteiger partial charge in [-0.25, -0.2) is 4.39 Å². The maximum absolute atomic E-state index is 13.2. The monoisotopic (exact) mass is 357 g/mol. The van der Waals surface area contributed by atoms with E-state index in [1.54, 1.807) is 19.2 Å². The van der Waals surface area contributed by atoms with E-state index in [0.29, 0.717) is 6.79 Å². The third-order valence-corrected chi connectivity index (χ3v) is 4.19. The van der Waals surface area contributed by atoms with Gasteiger partial charge in [-0.2, -0.15) is 0 Å². The Morgan fingerprint density at radius 3 is 2.65 bits per heavy atom. The Morgan fingerprint density at radius 2 is 1.81 bits per heavy atom. The average Bonchev–Trinajstić information content (AvgIpc) is 3.11. The number of fused-ring (bicyclic) bond motifs is 1. The highest BCUT2D eigenvalue weighted by Gasteiger charge is 2.12. The molecule has 138 valence electrons. The van der Waals surface area contributed by atoms with Gasteiger partial charge in [0, 0.05) is 20.1 Å². The zero-order valence-electron chi connectivity index (χ0n) is 14.9. The number of guanidine groups is 1. The van der Waals surface area contributed by atoms with Crippen LogP contribution in [0.5, 0.6) is 11.5 Å². The van der Waals surface area contributed by atoms with Crippen LogP contribution in [0.4, 0.5) is 4.39 Å². The number of benzene rings is 2. The molecule has 0 spiro atoms. The number of halogens is 1. The van der Waals surface area contributed by atoms with E-state index in [1.807, 2.05) is 24.3 Å². The predicted molar refractivity (Wildman–Crippen MR) is 100 cm³/mol. The summed E-state index contributed by atoms with van der Waals surface area (Å²) >= 11 is 0. The minimum atomic E-state index is -0.184. The molecule has 3 rings (SSSR count). The summed E-state index contributed by atoms with van der Waals surface area (Å²) in [5.41, 5.74) is 2.20. The average molecular weight is 357 g/mol. The number of hydrogen-bond acceptors (Lipinski definition) is 3. The summed E-state index contributed by atoms with van der Waals surface area (Å²) in [5, 5.41) is 6.58. The van der Waals surface area contributed by atoms with Gasteiger partial charge < -0.3 is 20.1 Å². The van der Waals surface area contributed by atoms with Gasteiger partial charge in [0.05, 0.1) is 0 Å². The third-order valence-electron chi connectivity index (χ3n) is 4.19. The summed E-state index contributed by atoms with van der Waals surface area (Å²) in [5.74, 6) is 2.20. The van der Waals surface area contributed by atoms with Crippen molar-refractivity contribution in [2.24, 2.45) is 4.99 Å². The van der Waals surface area contributed by atoms with Crippen molar-refractivity contribution in [2.75, 3.05) is 26.9 Å². The van der Waals surface area contributed by atoms with Crippen LogP contribution in [0.2, 0.25) is 0 Å². The zero-order valence-corrected chi connectivity index (χ0v) is 14.9. The smallest absolute Gasteiger partial charge is 0.231 e. The first kappa shape index (κ1) is 18.0. The lowest BCUT2D eigenvalue weighted by molar-refractivity contribution is 0.174. The van der Waals surface area contributed by atoms with Crippen molar-refractivity contribution in [1.29, 1.82) is 0 Å². The Kier molecular flexibility index (Phi) is 6.30. The summed E-state index contributed by atoms with van der Waals surface area (Å²) in [4.78, 5) is 4.23. The molecule has 0 saturated carbocycles. The van der Waals surface area contributed by atoms with Crippen LogP contribution in [0, 0.1) is 5.82 Å². The summed E-state index contributed by atoms with van der Waals surface area (Å²) < 4.78 is 23.9. The molecule has 26 heavy (non-hydrogen) atoms. The molecule has 0 aliphatic carbocycles. The van der Waals surface area contributed by atoms with Gasteiger partial charge in [-0.05, 0) is 54.7 Å². The number of rotatable bonds is 7. The van der Waals surface area contributed by atoms with Gasteiger partial charge in [-0.15, -0.1) is 0 Å². The van der Waals surface area contributed by atoms with E-state index in [4.69, 9.17) is 9.47 Å². The van der Waals surface area contributed by atoms with Gasteiger partial charge in [-0.3, -0.25) is 4.99 Å². The van der Waals surface area contributed by atoms with Crippen LogP contribution in [-0.2, 0) is 12.8 Å². The van der Waals surface area contributed by atoms with E-state index in [2.05, 4.69) is 15.6 Å². The summed E-state index contributed by atoms with van der Waals surface area (Å²) in [6, 6.07) is 12.7. The summed E-state index contributed by atoms with van der Waals surface area (Å²) in [7, 11) is 1.75. The Balaban J connectivity index is 1.35. The van der Waals surface area contributed by atoms with Gasteiger partial charge in [-0.1, -0.05) is 18.2 Å². The number of hydrogen-bond donors (Lipinski definition) is 2. The van der Waals surface area contributed by atoms with Crippen LogP contribution in [0.25, 0.3) is 0 Å². The molecule has 0 amide bonds. The van der Waals surface area contributed by atoms with Gasteiger partial charge >= 0.3 is 0 Å². The van der Waals surface area contributed by atoms with Crippen molar-refractivity contribution in [3.05, 3.63) is 59.4 Å². The van der Waals surface area contributed by atoms with Crippen molar-refractivity contribution >= 4 is 5.96 Å². The first-order chi connectivity index (χ1) is 12.7. The first-order valence-corrected chi connectivity index (χ1v) is 8.82. The molecule has 5 nitrogen and oxygen atoms in total. The number of aryl methyl sites for hydroxylation is 1. The van der Waals surface area contributed by atoms with Crippen LogP contribution in [-0.4, -0.2) is 32.9 Å². The van der Waals surface area contributed by atoms with Crippen molar-refractivity contribution in [3.63, 3.8) is 0 Å². The van der Waals surface area contributed by atoms with Crippen molar-refractivity contribution in [2.45, 2.75) is 19.3 Å². The maximum atomic E-state index is 13.2. The van der Waals surface area contributed by atoms with Crippen LogP contribution >= 0.6 is 0 Å². The molecule has 0 bridgehead atoms. The van der Waals surface area contributed by atoms with Gasteiger partial charge in [0.25, 0.3) is 0 Å². The molecule has 1 heterocycles. The largest absolute Gasteiger partial charge is 0.454 e. The minimum Gasteiger partial charge on any atom is -0.454 e. The van der Waals surface area contributed by atoms with Crippen LogP contribution in [0.3, 0.4) is 0 Å². The number of ether oxygens (including phenoxy) is 2. The van der Waals surface area contributed by atoms with Gasteiger partial charge in [0.1, 0.15) is 5.82 Å². The fourth-order valence-corrected chi connectivity index (χ4v) is 2.83. The van der Waals surface area contributed by atoms with E-state index < -0.39 is 0 Å². The lowest BCUT2D eigenvalue weighted by Gasteiger charge is -2.12. The molecule has 0 unspecified atom stereocenters. The topological polar surface area (TPSA) is 54.9 Å². The number of nitrogens with zero attached hydrogens (tertiary/aromatic N) is 1. The highest BCUT2D eigenvalue weighted by Crippen LogP contribution is 2.32. The van der Waals surface area contributed by atoms with Crippen LogP contribution < -0.4 is 20.1 Å². The molecule has 1 aliphatic rings. The zero-order chi connectivity index (χ0) is 18.2. The Morgan fingerprint density at radius 1 is 1.00 bits per heavy atom. The fourth-order valence-electron chi connectivity index (χ4n) is 2.83. The molecule has 0 saturated heterocycles. The number of nitrogens with one attached hydrogen (secondary N) is 2. The van der Waals surface area contributed by atoms with Crippen molar-refractivity contribution in [1.82, 2.24) is 10.6 Å². The van der Waals surface area contributed by atoms with E-state index in [-0.39, 0.29) is 5.82 Å². The van der Waals surface area contributed by atoms with Crippen LogP contribution in [0.15, 0.2) is 47.5 Å². The Labute approximate surface area is 153 Å². The summed E-state index contributed by atoms with van der Waals surface area (Å²) in [6.45, 7) is 1.84. The van der Waals surface area contributed by atoms with Crippen molar-refractivity contribution in [3.8, 4) is 11.5 Å².